The topological polar surface area (TPSA) is 146 Å². The maximum Gasteiger partial charge on any atom is 0.316 e. The summed E-state index contributed by atoms with van der Waals surface area (Å²) in [6, 6.07) is 25.7. The molecular weight excluding hydrogens is 694 g/mol. The Hall–Kier alpha value is -6.38. The van der Waals surface area contributed by atoms with Crippen LogP contribution in [0.1, 0.15) is 24.6 Å². The summed E-state index contributed by atoms with van der Waals surface area (Å²) in [6.07, 6.45) is 7.15. The summed E-state index contributed by atoms with van der Waals surface area (Å²) in [5, 5.41) is 19.7. The third-order valence-electron chi connectivity index (χ3n) is 8.60. The van der Waals surface area contributed by atoms with Gasteiger partial charge in [-0.2, -0.15) is 9.97 Å². The Morgan fingerprint density at radius 2 is 1.09 bits per heavy atom. The monoisotopic (exact) mass is 732 g/mol. The molecule has 2 N–H and O–H groups in total. The highest BCUT2D eigenvalue weighted by Crippen LogP contribution is 2.35. The molecule has 276 valence electrons. The van der Waals surface area contributed by atoms with Crippen LogP contribution in [0.15, 0.2) is 116 Å². The summed E-state index contributed by atoms with van der Waals surface area (Å²) in [5.41, 5.74) is 6.52. The minimum Gasteiger partial charge on any atom is -0.467 e. The average molecular weight is 733 g/mol. The predicted octanol–water partition coefficient (Wildman–Crippen LogP) is 6.64. The number of hydrogen-bond acceptors (Lipinski definition) is 10. The number of nitrogens with zero attached hydrogens (tertiary/aromatic N) is 8. The van der Waals surface area contributed by atoms with Crippen molar-refractivity contribution in [2.45, 2.75) is 25.4 Å². The zero-order chi connectivity index (χ0) is 38.0. The molecule has 7 aromatic rings. The molecule has 3 aromatic carbocycles. The van der Waals surface area contributed by atoms with E-state index in [0.717, 1.165) is 16.7 Å². The van der Waals surface area contributed by atoms with Crippen molar-refractivity contribution in [1.29, 1.82) is 0 Å². The standard InChI is InChI=1S/C23H21FN4O2.C17H17FN4O2/c1-30-23-25-12-11-20(27-23)22-21(17-7-9-18(24)10-8-17)26-15-28(22)19(14-29)13-16-5-3-2-4-6-16;1-11(9-23)22-10-20-15(12-3-5-13(18)6-4-12)16(22)14-7-8-19-17(21-14)24-2/h2-12,15,19,29H,13-14H2,1H3;3-8,10-11,23H,9H2,1-2H3. The molecule has 0 saturated heterocycles. The SMILES string of the molecule is COc1nccc(-c2c(-c3ccc(F)cc3)ncn2C(C)CO)n1.COc1nccc(-c2c(-c3ccc(F)cc3)ncn2C(CO)Cc2ccccc2)n1. The van der Waals surface area contributed by atoms with Crippen LogP contribution >= 0.6 is 0 Å². The normalized spacial score (nSPS) is 12.1. The van der Waals surface area contributed by atoms with E-state index in [9.17, 15) is 19.0 Å². The van der Waals surface area contributed by atoms with Crippen molar-refractivity contribution in [2.24, 2.45) is 0 Å². The van der Waals surface area contributed by atoms with E-state index in [1.165, 1.54) is 38.5 Å². The molecule has 4 heterocycles. The van der Waals surface area contributed by atoms with Crippen molar-refractivity contribution in [3.63, 3.8) is 0 Å². The van der Waals surface area contributed by atoms with Crippen molar-refractivity contribution >= 4 is 0 Å². The zero-order valence-corrected chi connectivity index (χ0v) is 29.8. The lowest BCUT2D eigenvalue weighted by atomic mass is 10.0. The Labute approximate surface area is 310 Å². The lowest BCUT2D eigenvalue weighted by Crippen LogP contribution is -2.17. The second-order valence-corrected chi connectivity index (χ2v) is 12.1. The van der Waals surface area contributed by atoms with Crippen LogP contribution in [0.3, 0.4) is 0 Å². The Bertz CT molecular complexity index is 2270. The molecule has 0 spiro atoms. The molecule has 0 fully saturated rings. The van der Waals surface area contributed by atoms with Crippen molar-refractivity contribution < 1.29 is 28.5 Å². The summed E-state index contributed by atoms with van der Waals surface area (Å²) < 4.78 is 40.7. The van der Waals surface area contributed by atoms with Gasteiger partial charge >= 0.3 is 12.0 Å². The van der Waals surface area contributed by atoms with Gasteiger partial charge < -0.3 is 28.8 Å². The minimum absolute atomic E-state index is 0.0472. The molecule has 0 saturated carbocycles. The number of aliphatic hydroxyl groups is 2. The largest absolute Gasteiger partial charge is 0.467 e. The Balaban J connectivity index is 0.000000189. The molecular formula is C40H38F2N8O4. The van der Waals surface area contributed by atoms with Crippen LogP contribution in [-0.4, -0.2) is 76.7 Å². The highest BCUT2D eigenvalue weighted by Gasteiger charge is 2.23. The van der Waals surface area contributed by atoms with Crippen molar-refractivity contribution in [3.05, 3.63) is 133 Å². The van der Waals surface area contributed by atoms with Crippen LogP contribution in [0, 0.1) is 11.6 Å². The molecule has 0 bridgehead atoms. The maximum absolute atomic E-state index is 13.5. The van der Waals surface area contributed by atoms with E-state index in [4.69, 9.17) is 9.47 Å². The number of methoxy groups -OCH3 is 2. The number of ether oxygens (including phenoxy) is 2. The smallest absolute Gasteiger partial charge is 0.316 e. The summed E-state index contributed by atoms with van der Waals surface area (Å²) in [7, 11) is 3.00. The summed E-state index contributed by atoms with van der Waals surface area (Å²) in [6.45, 7) is 1.75. The van der Waals surface area contributed by atoms with E-state index in [1.807, 2.05) is 46.4 Å². The first-order valence-electron chi connectivity index (χ1n) is 17.0. The molecule has 2 unspecified atom stereocenters. The van der Waals surface area contributed by atoms with Gasteiger partial charge in [-0.3, -0.25) is 0 Å². The third-order valence-corrected chi connectivity index (χ3v) is 8.60. The van der Waals surface area contributed by atoms with Gasteiger partial charge in [0.25, 0.3) is 0 Å². The number of aliphatic hydroxyl groups excluding tert-OH is 2. The molecule has 4 aromatic heterocycles. The molecule has 0 radical (unpaired) electrons. The number of aromatic nitrogens is 8. The van der Waals surface area contributed by atoms with E-state index in [1.54, 1.807) is 61.4 Å². The molecule has 12 nitrogen and oxygen atoms in total. The first-order valence-corrected chi connectivity index (χ1v) is 17.0. The Morgan fingerprint density at radius 3 is 1.56 bits per heavy atom. The van der Waals surface area contributed by atoms with Crippen LogP contribution in [-0.2, 0) is 6.42 Å². The highest BCUT2D eigenvalue weighted by molar-refractivity contribution is 5.78. The average Bonchev–Trinajstić information content (AvgIpc) is 3.87. The van der Waals surface area contributed by atoms with Gasteiger partial charge in [0.15, 0.2) is 0 Å². The first kappa shape index (κ1) is 37.4. The van der Waals surface area contributed by atoms with E-state index >= 15 is 0 Å². The summed E-state index contributed by atoms with van der Waals surface area (Å²) in [5.74, 6) is -0.632. The van der Waals surface area contributed by atoms with Gasteiger partial charge in [0.2, 0.25) is 0 Å². The molecule has 0 aliphatic carbocycles. The van der Waals surface area contributed by atoms with Gasteiger partial charge in [-0.15, -0.1) is 0 Å². The number of hydrogen-bond donors (Lipinski definition) is 2. The predicted molar refractivity (Wildman–Crippen MR) is 198 cm³/mol. The van der Waals surface area contributed by atoms with Crippen LogP contribution < -0.4 is 9.47 Å². The van der Waals surface area contributed by atoms with E-state index in [2.05, 4.69) is 29.9 Å². The maximum atomic E-state index is 13.5. The Kier molecular flexibility index (Phi) is 12.1. The van der Waals surface area contributed by atoms with Crippen LogP contribution in [0.4, 0.5) is 8.78 Å². The van der Waals surface area contributed by atoms with Crippen LogP contribution in [0.5, 0.6) is 12.0 Å². The number of halogens is 2. The fourth-order valence-electron chi connectivity index (χ4n) is 5.85. The first-order chi connectivity index (χ1) is 26.3. The molecule has 0 aliphatic rings. The van der Waals surface area contributed by atoms with E-state index in [0.29, 0.717) is 40.6 Å². The van der Waals surface area contributed by atoms with Gasteiger partial charge in [0, 0.05) is 23.5 Å². The lowest BCUT2D eigenvalue weighted by Gasteiger charge is -2.19. The molecule has 0 aliphatic heterocycles. The minimum atomic E-state index is -0.319. The van der Waals surface area contributed by atoms with Gasteiger partial charge in [0.05, 0.1) is 86.3 Å². The third kappa shape index (κ3) is 8.46. The molecule has 14 heteroatoms. The summed E-state index contributed by atoms with van der Waals surface area (Å²) in [4.78, 5) is 26.0. The zero-order valence-electron chi connectivity index (χ0n) is 29.8. The second-order valence-electron chi connectivity index (χ2n) is 12.1. The van der Waals surface area contributed by atoms with Crippen LogP contribution in [0.25, 0.3) is 45.3 Å². The molecule has 2 atom stereocenters. The molecule has 54 heavy (non-hydrogen) atoms. The van der Waals surface area contributed by atoms with Gasteiger partial charge in [-0.1, -0.05) is 30.3 Å². The highest BCUT2D eigenvalue weighted by atomic mass is 19.1. The van der Waals surface area contributed by atoms with E-state index in [-0.39, 0.29) is 49.0 Å². The fourth-order valence-corrected chi connectivity index (χ4v) is 5.85. The van der Waals surface area contributed by atoms with E-state index < -0.39 is 0 Å². The molecule has 7 rings (SSSR count). The quantitative estimate of drug-likeness (QED) is 0.140. The fraction of sp³-hybridized carbons (Fsp3) is 0.200. The Morgan fingerprint density at radius 1 is 0.611 bits per heavy atom. The van der Waals surface area contributed by atoms with Crippen molar-refractivity contribution in [1.82, 2.24) is 39.0 Å². The molecule has 0 amide bonds. The number of imidazole rings is 2. The second kappa shape index (κ2) is 17.4. The van der Waals surface area contributed by atoms with Gasteiger partial charge in [-0.25, -0.2) is 28.7 Å². The summed E-state index contributed by atoms with van der Waals surface area (Å²) >= 11 is 0. The lowest BCUT2D eigenvalue weighted by molar-refractivity contribution is 0.228. The van der Waals surface area contributed by atoms with Crippen molar-refractivity contribution in [2.75, 3.05) is 27.4 Å². The number of benzene rings is 3. The van der Waals surface area contributed by atoms with Gasteiger partial charge in [-0.05, 0) is 79.6 Å². The number of rotatable bonds is 12. The van der Waals surface area contributed by atoms with Crippen molar-refractivity contribution in [3.8, 4) is 57.3 Å². The van der Waals surface area contributed by atoms with Crippen LogP contribution in [0.2, 0.25) is 0 Å². The van der Waals surface area contributed by atoms with Gasteiger partial charge in [0.1, 0.15) is 11.6 Å².